The number of fused-ring (bicyclic) bond motifs is 2. The number of para-hydroxylation sites is 1. The standard InChI is InChI=1S/C26H24N2O3/c29-24(20-15-14-18-8-4-5-9-19(18)16-20)17-27-23-13-7-6-12-22(23)25(30)28(26(27)31)21-10-2-1-3-11-21/h1-5,8-11,14-16,22-23H,6-7,12-13,17H2. The van der Waals surface area contributed by atoms with Gasteiger partial charge in [-0.1, -0.05) is 67.4 Å². The molecule has 3 amide bonds. The van der Waals surface area contributed by atoms with E-state index in [9.17, 15) is 14.4 Å². The predicted octanol–water partition coefficient (Wildman–Crippen LogP) is 5.05. The molecule has 5 rings (SSSR count). The molecule has 1 aliphatic carbocycles. The van der Waals surface area contributed by atoms with Crippen LogP contribution in [-0.4, -0.2) is 35.2 Å². The van der Waals surface area contributed by atoms with E-state index in [0.717, 1.165) is 36.5 Å². The van der Waals surface area contributed by atoms with Crippen molar-refractivity contribution in [1.82, 2.24) is 4.90 Å². The van der Waals surface area contributed by atoms with Crippen LogP contribution >= 0.6 is 0 Å². The van der Waals surface area contributed by atoms with Crippen LogP contribution in [0.2, 0.25) is 0 Å². The van der Waals surface area contributed by atoms with Gasteiger partial charge in [0.2, 0.25) is 5.91 Å². The Morgan fingerprint density at radius 2 is 1.55 bits per heavy atom. The lowest BCUT2D eigenvalue weighted by atomic mass is 9.81. The number of Topliss-reactive ketones (excluding diaryl/α,β-unsaturated/α-hetero) is 1. The molecule has 3 aromatic carbocycles. The molecule has 0 spiro atoms. The molecule has 1 saturated heterocycles. The third-order valence-corrected chi connectivity index (χ3v) is 6.50. The molecule has 0 bridgehead atoms. The summed E-state index contributed by atoms with van der Waals surface area (Å²) in [5, 5.41) is 2.07. The minimum Gasteiger partial charge on any atom is -0.312 e. The maximum Gasteiger partial charge on any atom is 0.332 e. The number of imide groups is 1. The van der Waals surface area contributed by atoms with Crippen LogP contribution in [-0.2, 0) is 4.79 Å². The van der Waals surface area contributed by atoms with E-state index in [1.807, 2.05) is 60.7 Å². The van der Waals surface area contributed by atoms with E-state index in [-0.39, 0.29) is 30.2 Å². The SMILES string of the molecule is O=C(CN1C(=O)N(c2ccccc2)C(=O)C2CCCCC21)c1ccc2ccccc2c1. The summed E-state index contributed by atoms with van der Waals surface area (Å²) in [6, 6.07) is 21.9. The number of nitrogens with zero attached hydrogens (tertiary/aromatic N) is 2. The van der Waals surface area contributed by atoms with Crippen molar-refractivity contribution in [3.05, 3.63) is 78.4 Å². The first kappa shape index (κ1) is 19.5. The topological polar surface area (TPSA) is 57.7 Å². The molecule has 1 aliphatic heterocycles. The normalized spacial score (nSPS) is 21.3. The highest BCUT2D eigenvalue weighted by molar-refractivity contribution is 6.18. The second kappa shape index (κ2) is 7.99. The van der Waals surface area contributed by atoms with E-state index >= 15 is 0 Å². The second-order valence-corrected chi connectivity index (χ2v) is 8.36. The van der Waals surface area contributed by atoms with Crippen molar-refractivity contribution in [3.8, 4) is 0 Å². The van der Waals surface area contributed by atoms with E-state index < -0.39 is 6.03 Å². The molecule has 1 heterocycles. The largest absolute Gasteiger partial charge is 0.332 e. The van der Waals surface area contributed by atoms with Crippen molar-refractivity contribution < 1.29 is 14.4 Å². The fraction of sp³-hybridized carbons (Fsp3) is 0.269. The van der Waals surface area contributed by atoms with Gasteiger partial charge in [-0.3, -0.25) is 9.59 Å². The zero-order valence-electron chi connectivity index (χ0n) is 17.2. The zero-order chi connectivity index (χ0) is 21.4. The number of amides is 3. The van der Waals surface area contributed by atoms with E-state index in [1.165, 1.54) is 4.90 Å². The van der Waals surface area contributed by atoms with Crippen LogP contribution in [0.3, 0.4) is 0 Å². The minimum atomic E-state index is -0.395. The predicted molar refractivity (Wildman–Crippen MR) is 120 cm³/mol. The molecule has 2 atom stereocenters. The summed E-state index contributed by atoms with van der Waals surface area (Å²) in [5.41, 5.74) is 1.15. The Kier molecular flexibility index (Phi) is 5.02. The number of benzene rings is 3. The summed E-state index contributed by atoms with van der Waals surface area (Å²) >= 11 is 0. The average molecular weight is 412 g/mol. The zero-order valence-corrected chi connectivity index (χ0v) is 17.2. The first-order valence-electron chi connectivity index (χ1n) is 10.8. The van der Waals surface area contributed by atoms with Crippen LogP contribution in [0, 0.1) is 5.92 Å². The molecule has 2 aliphatic rings. The number of carbonyl (C=O) groups excluding carboxylic acids is 3. The molecular weight excluding hydrogens is 388 g/mol. The van der Waals surface area contributed by atoms with E-state index in [2.05, 4.69) is 0 Å². The number of carbonyl (C=O) groups is 3. The summed E-state index contributed by atoms with van der Waals surface area (Å²) in [7, 11) is 0. The number of rotatable bonds is 4. The Labute approximate surface area is 181 Å². The van der Waals surface area contributed by atoms with Gasteiger partial charge >= 0.3 is 6.03 Å². The highest BCUT2D eigenvalue weighted by Gasteiger charge is 2.47. The van der Waals surface area contributed by atoms with Crippen molar-refractivity contribution in [2.75, 3.05) is 11.4 Å². The van der Waals surface area contributed by atoms with E-state index in [4.69, 9.17) is 0 Å². The van der Waals surface area contributed by atoms with Crippen LogP contribution < -0.4 is 4.90 Å². The van der Waals surface area contributed by atoms with Crippen molar-refractivity contribution >= 4 is 34.2 Å². The van der Waals surface area contributed by atoms with Gasteiger partial charge in [0.1, 0.15) is 0 Å². The van der Waals surface area contributed by atoms with Gasteiger partial charge in [-0.25, -0.2) is 9.69 Å². The summed E-state index contributed by atoms with van der Waals surface area (Å²) in [5.74, 6) is -0.503. The first-order chi connectivity index (χ1) is 15.1. The second-order valence-electron chi connectivity index (χ2n) is 8.36. The molecule has 5 heteroatoms. The van der Waals surface area contributed by atoms with Crippen molar-refractivity contribution in [2.24, 2.45) is 5.92 Å². The highest BCUT2D eigenvalue weighted by atomic mass is 16.2. The number of ketones is 1. The van der Waals surface area contributed by atoms with Crippen molar-refractivity contribution in [2.45, 2.75) is 31.7 Å². The lowest BCUT2D eigenvalue weighted by Crippen LogP contribution is -2.63. The van der Waals surface area contributed by atoms with Crippen LogP contribution in [0.1, 0.15) is 36.0 Å². The van der Waals surface area contributed by atoms with Crippen LogP contribution in [0.25, 0.3) is 10.8 Å². The Morgan fingerprint density at radius 3 is 2.35 bits per heavy atom. The van der Waals surface area contributed by atoms with Gasteiger partial charge in [-0.2, -0.15) is 0 Å². The summed E-state index contributed by atoms with van der Waals surface area (Å²) in [6.45, 7) is -0.0189. The molecular formula is C26H24N2O3. The Morgan fingerprint density at radius 1 is 0.839 bits per heavy atom. The van der Waals surface area contributed by atoms with Gasteiger partial charge < -0.3 is 4.90 Å². The number of hydrogen-bond donors (Lipinski definition) is 0. The Balaban J connectivity index is 1.47. The Hall–Kier alpha value is -3.47. The third-order valence-electron chi connectivity index (χ3n) is 6.50. The lowest BCUT2D eigenvalue weighted by molar-refractivity contribution is -0.126. The fourth-order valence-corrected chi connectivity index (χ4v) is 4.91. The molecule has 0 N–H and O–H groups in total. The lowest BCUT2D eigenvalue weighted by Gasteiger charge is -2.46. The molecule has 2 fully saturated rings. The van der Waals surface area contributed by atoms with E-state index in [1.54, 1.807) is 17.0 Å². The molecule has 5 nitrogen and oxygen atoms in total. The van der Waals surface area contributed by atoms with Gasteiger partial charge in [0.15, 0.2) is 5.78 Å². The smallest absolute Gasteiger partial charge is 0.312 e. The molecule has 3 aromatic rings. The van der Waals surface area contributed by atoms with Gasteiger partial charge in [0.05, 0.1) is 18.2 Å². The third kappa shape index (κ3) is 3.50. The first-order valence-corrected chi connectivity index (χ1v) is 10.8. The number of anilines is 1. The van der Waals surface area contributed by atoms with E-state index in [0.29, 0.717) is 11.3 Å². The maximum atomic E-state index is 13.4. The van der Waals surface area contributed by atoms with Gasteiger partial charge in [0, 0.05) is 11.6 Å². The van der Waals surface area contributed by atoms with Crippen molar-refractivity contribution in [1.29, 1.82) is 0 Å². The average Bonchev–Trinajstić information content (AvgIpc) is 2.82. The summed E-state index contributed by atoms with van der Waals surface area (Å²) < 4.78 is 0. The van der Waals surface area contributed by atoms with Crippen LogP contribution in [0.4, 0.5) is 10.5 Å². The summed E-state index contributed by atoms with van der Waals surface area (Å²) in [6.07, 6.45) is 3.44. The quantitative estimate of drug-likeness (QED) is 0.564. The number of urea groups is 1. The maximum absolute atomic E-state index is 13.4. The minimum absolute atomic E-state index is 0.0189. The van der Waals surface area contributed by atoms with Crippen LogP contribution in [0.15, 0.2) is 72.8 Å². The molecule has 31 heavy (non-hydrogen) atoms. The fourth-order valence-electron chi connectivity index (χ4n) is 4.91. The molecule has 2 unspecified atom stereocenters. The monoisotopic (exact) mass is 412 g/mol. The molecule has 1 saturated carbocycles. The number of hydrogen-bond acceptors (Lipinski definition) is 3. The van der Waals surface area contributed by atoms with Crippen molar-refractivity contribution in [3.63, 3.8) is 0 Å². The molecule has 0 radical (unpaired) electrons. The van der Waals surface area contributed by atoms with Gasteiger partial charge in [0.25, 0.3) is 0 Å². The van der Waals surface area contributed by atoms with Gasteiger partial charge in [-0.05, 0) is 41.8 Å². The molecule has 0 aromatic heterocycles. The van der Waals surface area contributed by atoms with Gasteiger partial charge in [-0.15, -0.1) is 0 Å². The highest BCUT2D eigenvalue weighted by Crippen LogP contribution is 2.36. The Bertz CT molecular complexity index is 1160. The summed E-state index contributed by atoms with van der Waals surface area (Å²) in [4.78, 5) is 42.8. The molecule has 156 valence electrons. The van der Waals surface area contributed by atoms with Crippen LogP contribution in [0.5, 0.6) is 0 Å².